The van der Waals surface area contributed by atoms with Gasteiger partial charge in [-0.3, -0.25) is 4.79 Å². The molecule has 2 N–H and O–H groups in total. The Morgan fingerprint density at radius 3 is 2.29 bits per heavy atom. The Labute approximate surface area is 161 Å². The Morgan fingerprint density at radius 2 is 1.68 bits per heavy atom. The van der Waals surface area contributed by atoms with Crippen molar-refractivity contribution in [2.24, 2.45) is 0 Å². The first-order valence-corrected chi connectivity index (χ1v) is 9.75. The quantitative estimate of drug-likeness (QED) is 0.831. The van der Waals surface area contributed by atoms with Crippen molar-refractivity contribution in [3.05, 3.63) is 64.1 Å². The number of nitrogens with one attached hydrogen (secondary N) is 2. The van der Waals surface area contributed by atoms with E-state index in [9.17, 15) is 18.0 Å². The van der Waals surface area contributed by atoms with Crippen molar-refractivity contribution < 1.29 is 13.2 Å². The minimum Gasteiger partial charge on any atom is -0.371 e. The molecule has 1 aliphatic carbocycles. The van der Waals surface area contributed by atoms with Gasteiger partial charge in [-0.1, -0.05) is 12.1 Å². The Balaban J connectivity index is 1.23. The van der Waals surface area contributed by atoms with Crippen LogP contribution >= 0.6 is 0 Å². The maximum atomic E-state index is 12.7. The lowest BCUT2D eigenvalue weighted by molar-refractivity contribution is -0.137. The van der Waals surface area contributed by atoms with Crippen LogP contribution in [0.2, 0.25) is 0 Å². The van der Waals surface area contributed by atoms with Crippen LogP contribution in [0.4, 0.5) is 18.9 Å². The summed E-state index contributed by atoms with van der Waals surface area (Å²) in [5, 5.41) is 3.70. The predicted octanol–water partition coefficient (Wildman–Crippen LogP) is 3.90. The number of H-pyrrole nitrogens is 1. The minimum atomic E-state index is -4.27. The molecule has 0 amide bonds. The summed E-state index contributed by atoms with van der Waals surface area (Å²) in [4.78, 5) is 16.3. The van der Waals surface area contributed by atoms with Crippen molar-refractivity contribution in [2.45, 2.75) is 49.9 Å². The van der Waals surface area contributed by atoms with Gasteiger partial charge in [0.05, 0.1) is 5.56 Å². The van der Waals surface area contributed by atoms with Crippen molar-refractivity contribution in [3.63, 3.8) is 0 Å². The number of nitrogens with zero attached hydrogens (tertiary/aromatic N) is 1. The minimum absolute atomic E-state index is 0.0819. The molecule has 2 fully saturated rings. The largest absolute Gasteiger partial charge is 0.416 e. The number of alkyl halides is 3. The van der Waals surface area contributed by atoms with E-state index in [1.165, 1.54) is 12.1 Å². The fourth-order valence-corrected chi connectivity index (χ4v) is 4.24. The fraction of sp³-hybridized carbons (Fsp3) is 0.476. The summed E-state index contributed by atoms with van der Waals surface area (Å²) >= 11 is 0. The second-order valence-corrected chi connectivity index (χ2v) is 7.82. The lowest BCUT2D eigenvalue weighted by Gasteiger charge is -2.41. The molecule has 2 aromatic rings. The molecular weight excluding hydrogens is 367 g/mol. The standard InChI is InChI=1S/C21H24F3N3O/c22-21(23,24)16-3-1-14(2-4-16)15-11-18(12-15)26-17-6-9-27(10-7-17)19-5-8-25-20(28)13-19/h1-5,8,13,15,17-18,26H,6-7,9-12H2,(H,25,28). The number of aromatic amines is 1. The van der Waals surface area contributed by atoms with Crippen LogP contribution in [0.15, 0.2) is 47.4 Å². The summed E-state index contributed by atoms with van der Waals surface area (Å²) in [6, 6.07) is 10.0. The molecule has 1 aromatic carbocycles. The second kappa shape index (κ2) is 7.62. The molecule has 0 spiro atoms. The van der Waals surface area contributed by atoms with E-state index in [1.807, 2.05) is 6.07 Å². The molecular formula is C21H24F3N3O. The summed E-state index contributed by atoms with van der Waals surface area (Å²) in [5.74, 6) is 0.343. The van der Waals surface area contributed by atoms with Gasteiger partial charge in [-0.15, -0.1) is 0 Å². The van der Waals surface area contributed by atoms with Crippen LogP contribution in [0.3, 0.4) is 0 Å². The summed E-state index contributed by atoms with van der Waals surface area (Å²) in [7, 11) is 0. The van der Waals surface area contributed by atoms with Crippen molar-refractivity contribution in [2.75, 3.05) is 18.0 Å². The van der Waals surface area contributed by atoms with E-state index in [4.69, 9.17) is 0 Å². The first-order valence-electron chi connectivity index (χ1n) is 9.75. The van der Waals surface area contributed by atoms with Crippen molar-refractivity contribution in [1.29, 1.82) is 0 Å². The van der Waals surface area contributed by atoms with Crippen LogP contribution in [0.1, 0.15) is 42.7 Å². The molecule has 4 nitrogen and oxygen atoms in total. The molecule has 0 unspecified atom stereocenters. The summed E-state index contributed by atoms with van der Waals surface area (Å²) in [6.07, 6.45) is 1.39. The normalized spacial score (nSPS) is 23.5. The van der Waals surface area contributed by atoms with Crippen LogP contribution in [0.25, 0.3) is 0 Å². The van der Waals surface area contributed by atoms with Gasteiger partial charge in [0.25, 0.3) is 0 Å². The zero-order chi connectivity index (χ0) is 19.7. The van der Waals surface area contributed by atoms with Crippen LogP contribution in [0, 0.1) is 0 Å². The lowest BCUT2D eigenvalue weighted by Crippen LogP contribution is -2.50. The first kappa shape index (κ1) is 19.1. The predicted molar refractivity (Wildman–Crippen MR) is 103 cm³/mol. The van der Waals surface area contributed by atoms with E-state index in [0.29, 0.717) is 18.0 Å². The number of halogens is 3. The number of piperidine rings is 1. The average Bonchev–Trinajstić information content (AvgIpc) is 2.64. The highest BCUT2D eigenvalue weighted by molar-refractivity contribution is 5.45. The van der Waals surface area contributed by atoms with Crippen molar-refractivity contribution in [3.8, 4) is 0 Å². The lowest BCUT2D eigenvalue weighted by atomic mass is 9.75. The van der Waals surface area contributed by atoms with E-state index in [-0.39, 0.29) is 5.56 Å². The highest BCUT2D eigenvalue weighted by Crippen LogP contribution is 2.39. The number of benzene rings is 1. The van der Waals surface area contributed by atoms with Crippen molar-refractivity contribution >= 4 is 5.69 Å². The third kappa shape index (κ3) is 4.24. The van der Waals surface area contributed by atoms with E-state index < -0.39 is 11.7 Å². The Morgan fingerprint density at radius 1 is 1.00 bits per heavy atom. The van der Waals surface area contributed by atoms with Crippen molar-refractivity contribution in [1.82, 2.24) is 10.3 Å². The Bertz CT molecular complexity index is 848. The van der Waals surface area contributed by atoms with Crippen LogP contribution in [0.5, 0.6) is 0 Å². The number of hydrogen-bond donors (Lipinski definition) is 2. The van der Waals surface area contributed by atoms with Gasteiger partial charge in [-0.2, -0.15) is 13.2 Å². The maximum absolute atomic E-state index is 12.7. The van der Waals surface area contributed by atoms with Gasteiger partial charge in [-0.25, -0.2) is 0 Å². The molecule has 7 heteroatoms. The van der Waals surface area contributed by atoms with Gasteiger partial charge in [0.1, 0.15) is 0 Å². The van der Waals surface area contributed by atoms with Gasteiger partial charge in [0, 0.05) is 43.1 Å². The molecule has 2 heterocycles. The third-order valence-electron chi connectivity index (χ3n) is 5.94. The number of anilines is 1. The van der Waals surface area contributed by atoms with Gasteiger partial charge >= 0.3 is 6.18 Å². The number of aromatic nitrogens is 1. The summed E-state index contributed by atoms with van der Waals surface area (Å²) in [6.45, 7) is 1.83. The topological polar surface area (TPSA) is 48.1 Å². The van der Waals surface area contributed by atoms with Gasteiger partial charge in [0.15, 0.2) is 0 Å². The zero-order valence-corrected chi connectivity index (χ0v) is 15.5. The molecule has 2 aliphatic rings. The van der Waals surface area contributed by atoms with E-state index in [1.54, 1.807) is 24.4 Å². The molecule has 1 saturated carbocycles. The number of hydrogen-bond acceptors (Lipinski definition) is 3. The molecule has 28 heavy (non-hydrogen) atoms. The molecule has 4 rings (SSSR count). The van der Waals surface area contributed by atoms with Gasteiger partial charge < -0.3 is 15.2 Å². The van der Waals surface area contributed by atoms with E-state index in [2.05, 4.69) is 15.2 Å². The van der Waals surface area contributed by atoms with Gasteiger partial charge in [0.2, 0.25) is 5.56 Å². The second-order valence-electron chi connectivity index (χ2n) is 7.82. The zero-order valence-electron chi connectivity index (χ0n) is 15.5. The highest BCUT2D eigenvalue weighted by atomic mass is 19.4. The molecule has 0 radical (unpaired) electrons. The van der Waals surface area contributed by atoms with E-state index >= 15 is 0 Å². The van der Waals surface area contributed by atoms with E-state index in [0.717, 1.165) is 50.0 Å². The average molecular weight is 391 g/mol. The number of pyridine rings is 1. The molecule has 1 aromatic heterocycles. The first-order chi connectivity index (χ1) is 13.4. The maximum Gasteiger partial charge on any atom is 0.416 e. The summed E-state index contributed by atoms with van der Waals surface area (Å²) < 4.78 is 38.0. The third-order valence-corrected chi connectivity index (χ3v) is 5.94. The summed E-state index contributed by atoms with van der Waals surface area (Å²) in [5.41, 5.74) is 1.29. The highest BCUT2D eigenvalue weighted by Gasteiger charge is 2.34. The van der Waals surface area contributed by atoms with Crippen LogP contribution < -0.4 is 15.8 Å². The van der Waals surface area contributed by atoms with Crippen LogP contribution in [-0.2, 0) is 6.18 Å². The van der Waals surface area contributed by atoms with Gasteiger partial charge in [-0.05, 0) is 55.4 Å². The SMILES string of the molecule is O=c1cc(N2CCC(NC3CC(c4ccc(C(F)(F)F)cc4)C3)CC2)cc[nH]1. The smallest absolute Gasteiger partial charge is 0.371 e. The molecule has 1 saturated heterocycles. The Hall–Kier alpha value is -2.28. The number of rotatable bonds is 4. The molecule has 1 aliphatic heterocycles. The molecule has 0 bridgehead atoms. The van der Waals surface area contributed by atoms with Crippen LogP contribution in [-0.4, -0.2) is 30.2 Å². The fourth-order valence-electron chi connectivity index (χ4n) is 4.24. The monoisotopic (exact) mass is 391 g/mol. The molecule has 0 atom stereocenters. The Kier molecular flexibility index (Phi) is 5.19. The molecule has 150 valence electrons.